The maximum Gasteiger partial charge on any atom is 0.133 e. The molecule has 2 fully saturated rings. The van der Waals surface area contributed by atoms with E-state index in [4.69, 9.17) is 0 Å². The molecule has 2 aromatic rings. The summed E-state index contributed by atoms with van der Waals surface area (Å²) in [6, 6.07) is 16.5. The number of nitrogens with zero attached hydrogens (tertiary/aromatic N) is 2. The number of likely N-dealkylation sites (tertiary alicyclic amines) is 1. The van der Waals surface area contributed by atoms with Gasteiger partial charge in [0.2, 0.25) is 0 Å². The van der Waals surface area contributed by atoms with Crippen molar-refractivity contribution in [1.29, 1.82) is 0 Å². The van der Waals surface area contributed by atoms with Crippen molar-refractivity contribution in [3.05, 3.63) is 85.0 Å². The molecule has 4 heteroatoms. The molecule has 2 aliphatic heterocycles. The summed E-state index contributed by atoms with van der Waals surface area (Å²) in [6.45, 7) is 11.9. The van der Waals surface area contributed by atoms with E-state index in [-0.39, 0.29) is 0 Å². The first-order valence-corrected chi connectivity index (χ1v) is 13.6. The number of carbonyl (C=O) groups excluding carboxylic acids is 1. The van der Waals surface area contributed by atoms with Crippen LogP contribution < -0.4 is 4.90 Å². The van der Waals surface area contributed by atoms with Crippen LogP contribution in [0.2, 0.25) is 0 Å². The van der Waals surface area contributed by atoms with Gasteiger partial charge in [0.25, 0.3) is 0 Å². The number of hydrogen-bond acceptors (Lipinski definition) is 4. The zero-order chi connectivity index (χ0) is 25.6. The molecule has 1 unspecified atom stereocenters. The van der Waals surface area contributed by atoms with E-state index in [9.17, 15) is 9.90 Å². The Kier molecular flexibility index (Phi) is 11.3. The zero-order valence-corrected chi connectivity index (χ0v) is 21.9. The molecule has 1 atom stereocenters. The minimum Gasteiger partial charge on any atom is -0.508 e. The number of aldehydes is 1. The van der Waals surface area contributed by atoms with Crippen LogP contribution in [-0.4, -0.2) is 49.0 Å². The summed E-state index contributed by atoms with van der Waals surface area (Å²) in [7, 11) is 0. The Balaban J connectivity index is 0.000000200. The Morgan fingerprint density at radius 3 is 2.22 bits per heavy atom. The molecule has 0 amide bonds. The lowest BCUT2D eigenvalue weighted by Crippen LogP contribution is -2.44. The van der Waals surface area contributed by atoms with E-state index in [0.29, 0.717) is 17.7 Å². The van der Waals surface area contributed by atoms with Gasteiger partial charge in [-0.05, 0) is 105 Å². The van der Waals surface area contributed by atoms with Gasteiger partial charge in [-0.3, -0.25) is 4.90 Å². The van der Waals surface area contributed by atoms with Gasteiger partial charge in [-0.15, -0.1) is 0 Å². The smallest absolute Gasteiger partial charge is 0.133 e. The van der Waals surface area contributed by atoms with Crippen LogP contribution in [0.3, 0.4) is 0 Å². The number of fused-ring (bicyclic) bond motifs is 1. The average Bonchev–Trinajstić information content (AvgIpc) is 3.12. The maximum atomic E-state index is 10.8. The summed E-state index contributed by atoms with van der Waals surface area (Å²) in [5.74, 6) is 0.408. The number of piperidine rings is 1. The third kappa shape index (κ3) is 8.37. The highest BCUT2D eigenvalue weighted by molar-refractivity contribution is 5.52. The lowest BCUT2D eigenvalue weighted by atomic mass is 9.74. The molecule has 5 rings (SSSR count). The number of benzene rings is 2. The highest BCUT2D eigenvalue weighted by atomic mass is 16.3. The number of aromatic hydroxyl groups is 1. The van der Waals surface area contributed by atoms with E-state index in [1.807, 2.05) is 12.1 Å². The molecular formula is C32H44N2O2. The van der Waals surface area contributed by atoms with Crippen LogP contribution in [0.15, 0.2) is 73.8 Å². The molecule has 1 aliphatic carbocycles. The highest BCUT2D eigenvalue weighted by Gasteiger charge is 2.36. The van der Waals surface area contributed by atoms with Crippen molar-refractivity contribution in [3.8, 4) is 5.75 Å². The molecule has 194 valence electrons. The number of anilines is 1. The monoisotopic (exact) mass is 488 g/mol. The minimum absolute atomic E-state index is 0.408. The quantitative estimate of drug-likeness (QED) is 0.390. The predicted octanol–water partition coefficient (Wildman–Crippen LogP) is 6.59. The van der Waals surface area contributed by atoms with Gasteiger partial charge in [-0.1, -0.05) is 49.6 Å². The number of aryl methyl sites for hydroxylation is 2. The normalized spacial score (nSPS) is 21.5. The van der Waals surface area contributed by atoms with Crippen LogP contribution in [0.4, 0.5) is 5.69 Å². The van der Waals surface area contributed by atoms with Gasteiger partial charge in [0.05, 0.1) is 6.54 Å². The van der Waals surface area contributed by atoms with Crippen LogP contribution in [0.25, 0.3) is 0 Å². The Hall–Kier alpha value is -2.85. The van der Waals surface area contributed by atoms with Crippen LogP contribution in [-0.2, 0) is 17.6 Å². The molecule has 2 heterocycles. The summed E-state index contributed by atoms with van der Waals surface area (Å²) < 4.78 is 0. The molecule has 4 nitrogen and oxygen atoms in total. The number of para-hydroxylation sites is 1. The van der Waals surface area contributed by atoms with Crippen molar-refractivity contribution in [2.24, 2.45) is 5.41 Å². The summed E-state index contributed by atoms with van der Waals surface area (Å²) in [5.41, 5.74) is 4.57. The fraction of sp³-hybridized carbons (Fsp3) is 0.469. The van der Waals surface area contributed by atoms with Gasteiger partial charge in [0.1, 0.15) is 12.0 Å². The predicted molar refractivity (Wildman–Crippen MR) is 152 cm³/mol. The first-order chi connectivity index (χ1) is 17.6. The zero-order valence-electron chi connectivity index (χ0n) is 21.9. The summed E-state index contributed by atoms with van der Waals surface area (Å²) in [4.78, 5) is 15.7. The molecule has 36 heavy (non-hydrogen) atoms. The minimum atomic E-state index is 0.408. The average molecular weight is 489 g/mol. The van der Waals surface area contributed by atoms with Gasteiger partial charge in [-0.2, -0.15) is 0 Å². The van der Waals surface area contributed by atoms with Crippen LogP contribution in [0, 0.1) is 5.41 Å². The molecule has 1 N–H and O–H groups in total. The Morgan fingerprint density at radius 1 is 0.833 bits per heavy atom. The molecule has 2 saturated heterocycles. The SMILES string of the molecule is C=CC=C.O=CCN1CCCC2(CCCN(c3ccccc3)CC2)C1.Oc1ccc2c(c1)CCCC2. The first kappa shape index (κ1) is 27.7. The number of rotatable bonds is 4. The van der Waals surface area contributed by atoms with E-state index in [0.717, 1.165) is 32.3 Å². The van der Waals surface area contributed by atoms with Gasteiger partial charge in [0, 0.05) is 25.3 Å². The van der Waals surface area contributed by atoms with Crippen molar-refractivity contribution in [2.75, 3.05) is 37.6 Å². The standard InChI is InChI=1S/C18H26N2O.C10H12O.C4H6/c21-15-14-19-11-4-8-18(16-19)9-5-12-20(13-10-18)17-6-2-1-3-7-17;11-10-6-5-8-3-1-2-4-9(8)7-10;1-3-4-2/h1-3,6-7,15H,4-5,8-14,16H2;5-7,11H,1-4H2;3-4H,1-2H2. The maximum absolute atomic E-state index is 10.8. The number of phenols is 1. The third-order valence-electron chi connectivity index (χ3n) is 7.74. The third-order valence-corrected chi connectivity index (χ3v) is 7.74. The Morgan fingerprint density at radius 2 is 1.53 bits per heavy atom. The second-order valence-corrected chi connectivity index (χ2v) is 10.3. The molecule has 0 aromatic heterocycles. The first-order valence-electron chi connectivity index (χ1n) is 13.6. The van der Waals surface area contributed by atoms with Crippen LogP contribution in [0.1, 0.15) is 56.1 Å². The summed E-state index contributed by atoms with van der Waals surface area (Å²) in [6.07, 6.45) is 15.7. The molecule has 0 saturated carbocycles. The van der Waals surface area contributed by atoms with Crippen LogP contribution in [0.5, 0.6) is 5.75 Å². The number of allylic oxidation sites excluding steroid dienone is 2. The van der Waals surface area contributed by atoms with Gasteiger partial charge in [0.15, 0.2) is 0 Å². The second kappa shape index (κ2) is 14.6. The molecule has 0 radical (unpaired) electrons. The van der Waals surface area contributed by atoms with E-state index < -0.39 is 0 Å². The van der Waals surface area contributed by atoms with E-state index in [1.54, 1.807) is 18.2 Å². The number of hydrogen-bond donors (Lipinski definition) is 1. The Bertz CT molecular complexity index is 952. The van der Waals surface area contributed by atoms with E-state index in [1.165, 1.54) is 74.7 Å². The molecule has 2 aromatic carbocycles. The lowest BCUT2D eigenvalue weighted by molar-refractivity contribution is -0.109. The highest BCUT2D eigenvalue weighted by Crippen LogP contribution is 2.40. The fourth-order valence-electron chi connectivity index (χ4n) is 5.85. The number of phenolic OH excluding ortho intramolecular Hbond substituents is 1. The Labute approximate surface area is 218 Å². The molecular weight excluding hydrogens is 444 g/mol. The van der Waals surface area contributed by atoms with Crippen molar-refractivity contribution in [1.82, 2.24) is 4.90 Å². The van der Waals surface area contributed by atoms with Gasteiger partial charge >= 0.3 is 0 Å². The van der Waals surface area contributed by atoms with Crippen molar-refractivity contribution in [3.63, 3.8) is 0 Å². The molecule has 3 aliphatic rings. The number of carbonyl (C=O) groups is 1. The molecule has 0 bridgehead atoms. The van der Waals surface area contributed by atoms with Crippen molar-refractivity contribution in [2.45, 2.75) is 57.8 Å². The largest absolute Gasteiger partial charge is 0.508 e. The summed E-state index contributed by atoms with van der Waals surface area (Å²) >= 11 is 0. The van der Waals surface area contributed by atoms with Crippen molar-refractivity contribution < 1.29 is 9.90 Å². The summed E-state index contributed by atoms with van der Waals surface area (Å²) in [5, 5.41) is 9.19. The van der Waals surface area contributed by atoms with E-state index in [2.05, 4.69) is 53.3 Å². The topological polar surface area (TPSA) is 43.8 Å². The van der Waals surface area contributed by atoms with Crippen LogP contribution >= 0.6 is 0 Å². The fourth-order valence-corrected chi connectivity index (χ4v) is 5.85. The van der Waals surface area contributed by atoms with Gasteiger partial charge < -0.3 is 14.8 Å². The van der Waals surface area contributed by atoms with Crippen molar-refractivity contribution >= 4 is 12.0 Å². The van der Waals surface area contributed by atoms with E-state index >= 15 is 0 Å². The lowest BCUT2D eigenvalue weighted by Gasteiger charge is -2.42. The second-order valence-electron chi connectivity index (χ2n) is 10.3. The molecule has 1 spiro atoms. The van der Waals surface area contributed by atoms with Gasteiger partial charge in [-0.25, -0.2) is 0 Å².